The third kappa shape index (κ3) is 2.07. The van der Waals surface area contributed by atoms with Crippen molar-refractivity contribution in [2.24, 2.45) is 7.05 Å². The zero-order chi connectivity index (χ0) is 11.7. The van der Waals surface area contributed by atoms with Gasteiger partial charge in [-0.1, -0.05) is 0 Å². The van der Waals surface area contributed by atoms with Crippen LogP contribution in [0.4, 0.5) is 0 Å². The molecule has 16 heavy (non-hydrogen) atoms. The normalized spacial score (nSPS) is 11.0. The quantitative estimate of drug-likeness (QED) is 0.944. The molecule has 0 saturated carbocycles. The van der Waals surface area contributed by atoms with Crippen LogP contribution in [0.3, 0.4) is 0 Å². The second kappa shape index (κ2) is 4.69. The van der Waals surface area contributed by atoms with Gasteiger partial charge in [0.1, 0.15) is 5.69 Å². The summed E-state index contributed by atoms with van der Waals surface area (Å²) >= 11 is 5.20. The second-order valence-corrected chi connectivity index (χ2v) is 6.14. The van der Waals surface area contributed by atoms with Crippen LogP contribution < -0.4 is 5.32 Å². The van der Waals surface area contributed by atoms with Crippen molar-refractivity contribution >= 4 is 27.3 Å². The number of rotatable bonds is 3. The van der Waals surface area contributed by atoms with E-state index >= 15 is 0 Å². The largest absolute Gasteiger partial charge is 0.314 e. The predicted molar refractivity (Wildman–Crippen MR) is 71.7 cm³/mol. The first-order valence-electron chi connectivity index (χ1n) is 5.06. The molecule has 2 aromatic rings. The molecular formula is C11H14BrN3S. The SMILES string of the molecule is CNCc1c(C)c(-c2ccc(Br)s2)nn1C. The molecule has 0 aliphatic heterocycles. The summed E-state index contributed by atoms with van der Waals surface area (Å²) in [5.41, 5.74) is 3.58. The van der Waals surface area contributed by atoms with Gasteiger partial charge in [0.25, 0.3) is 0 Å². The molecule has 0 amide bonds. The summed E-state index contributed by atoms with van der Waals surface area (Å²) in [5.74, 6) is 0. The average Bonchev–Trinajstić information content (AvgIpc) is 2.77. The van der Waals surface area contributed by atoms with Crippen molar-refractivity contribution in [2.75, 3.05) is 7.05 Å². The van der Waals surface area contributed by atoms with E-state index in [1.165, 1.54) is 16.1 Å². The first-order chi connectivity index (χ1) is 7.63. The number of aromatic nitrogens is 2. The van der Waals surface area contributed by atoms with E-state index in [1.54, 1.807) is 11.3 Å². The Hall–Kier alpha value is -0.650. The number of aryl methyl sites for hydroxylation is 1. The summed E-state index contributed by atoms with van der Waals surface area (Å²) in [5, 5.41) is 7.75. The summed E-state index contributed by atoms with van der Waals surface area (Å²) in [6, 6.07) is 4.17. The molecule has 3 nitrogen and oxygen atoms in total. The molecule has 2 aromatic heterocycles. The molecule has 1 N–H and O–H groups in total. The number of hydrogen-bond acceptors (Lipinski definition) is 3. The zero-order valence-corrected chi connectivity index (χ0v) is 11.9. The van der Waals surface area contributed by atoms with Gasteiger partial charge in [-0.05, 0) is 42.0 Å². The molecule has 0 bridgehead atoms. The van der Waals surface area contributed by atoms with Crippen LogP contribution in [0.1, 0.15) is 11.3 Å². The first kappa shape index (κ1) is 11.8. The molecule has 86 valence electrons. The van der Waals surface area contributed by atoms with Gasteiger partial charge < -0.3 is 5.32 Å². The third-order valence-electron chi connectivity index (χ3n) is 2.58. The standard InChI is InChI=1S/C11H14BrN3S/c1-7-8(6-13-2)15(3)14-11(7)9-4-5-10(12)16-9/h4-5,13H,6H2,1-3H3. The van der Waals surface area contributed by atoms with E-state index in [1.807, 2.05) is 18.8 Å². The highest BCUT2D eigenvalue weighted by molar-refractivity contribution is 9.11. The summed E-state index contributed by atoms with van der Waals surface area (Å²) in [6.07, 6.45) is 0. The highest BCUT2D eigenvalue weighted by atomic mass is 79.9. The van der Waals surface area contributed by atoms with E-state index in [0.29, 0.717) is 0 Å². The van der Waals surface area contributed by atoms with Gasteiger partial charge in [0.15, 0.2) is 0 Å². The minimum atomic E-state index is 0.849. The lowest BCUT2D eigenvalue weighted by Gasteiger charge is -2.01. The Morgan fingerprint density at radius 1 is 1.50 bits per heavy atom. The molecule has 2 rings (SSSR count). The lowest BCUT2D eigenvalue weighted by atomic mass is 10.2. The van der Waals surface area contributed by atoms with Crippen LogP contribution in [0.2, 0.25) is 0 Å². The monoisotopic (exact) mass is 299 g/mol. The number of halogens is 1. The van der Waals surface area contributed by atoms with E-state index in [4.69, 9.17) is 0 Å². The van der Waals surface area contributed by atoms with Gasteiger partial charge >= 0.3 is 0 Å². The van der Waals surface area contributed by atoms with E-state index in [0.717, 1.165) is 16.0 Å². The number of nitrogens with zero attached hydrogens (tertiary/aromatic N) is 2. The number of thiophene rings is 1. The van der Waals surface area contributed by atoms with Crippen molar-refractivity contribution in [3.8, 4) is 10.6 Å². The summed E-state index contributed by atoms with van der Waals surface area (Å²) < 4.78 is 3.09. The van der Waals surface area contributed by atoms with E-state index in [2.05, 4.69) is 45.4 Å². The van der Waals surface area contributed by atoms with Crippen LogP contribution in [0.25, 0.3) is 10.6 Å². The molecule has 5 heteroatoms. The molecule has 0 fully saturated rings. The lowest BCUT2D eigenvalue weighted by molar-refractivity contribution is 0.671. The van der Waals surface area contributed by atoms with Crippen LogP contribution in [0, 0.1) is 6.92 Å². The fourth-order valence-electron chi connectivity index (χ4n) is 1.75. The Labute approximate surface area is 108 Å². The van der Waals surface area contributed by atoms with Crippen molar-refractivity contribution in [3.05, 3.63) is 27.2 Å². The lowest BCUT2D eigenvalue weighted by Crippen LogP contribution is -2.10. The second-order valence-electron chi connectivity index (χ2n) is 3.68. The van der Waals surface area contributed by atoms with Crippen molar-refractivity contribution in [3.63, 3.8) is 0 Å². The van der Waals surface area contributed by atoms with Gasteiger partial charge in [-0.3, -0.25) is 4.68 Å². The Kier molecular flexibility index (Phi) is 3.47. The molecule has 0 radical (unpaired) electrons. The minimum Gasteiger partial charge on any atom is -0.314 e. The summed E-state index contributed by atoms with van der Waals surface area (Å²) in [6.45, 7) is 2.98. The molecule has 0 atom stereocenters. The maximum absolute atomic E-state index is 4.58. The highest BCUT2D eigenvalue weighted by Gasteiger charge is 2.14. The topological polar surface area (TPSA) is 29.9 Å². The molecule has 0 aliphatic carbocycles. The smallest absolute Gasteiger partial charge is 0.106 e. The van der Waals surface area contributed by atoms with Crippen LogP contribution in [0.5, 0.6) is 0 Å². The molecular weight excluding hydrogens is 286 g/mol. The van der Waals surface area contributed by atoms with Gasteiger partial charge in [0, 0.05) is 19.2 Å². The molecule has 0 saturated heterocycles. The van der Waals surface area contributed by atoms with Crippen LogP contribution in [-0.2, 0) is 13.6 Å². The zero-order valence-electron chi connectivity index (χ0n) is 9.54. The van der Waals surface area contributed by atoms with Gasteiger partial charge in [0.2, 0.25) is 0 Å². The molecule has 0 unspecified atom stereocenters. The van der Waals surface area contributed by atoms with Gasteiger partial charge in [-0.15, -0.1) is 11.3 Å². The Morgan fingerprint density at radius 2 is 2.25 bits per heavy atom. The first-order valence-corrected chi connectivity index (χ1v) is 6.67. The van der Waals surface area contributed by atoms with E-state index in [9.17, 15) is 0 Å². The summed E-state index contributed by atoms with van der Waals surface area (Å²) in [7, 11) is 3.94. The summed E-state index contributed by atoms with van der Waals surface area (Å²) in [4.78, 5) is 1.21. The fraction of sp³-hybridized carbons (Fsp3) is 0.364. The van der Waals surface area contributed by atoms with Crippen LogP contribution in [0.15, 0.2) is 15.9 Å². The maximum atomic E-state index is 4.58. The highest BCUT2D eigenvalue weighted by Crippen LogP contribution is 2.33. The van der Waals surface area contributed by atoms with Crippen LogP contribution in [-0.4, -0.2) is 16.8 Å². The van der Waals surface area contributed by atoms with Crippen LogP contribution >= 0.6 is 27.3 Å². The Bertz CT molecular complexity index is 501. The Morgan fingerprint density at radius 3 is 2.81 bits per heavy atom. The Balaban J connectivity index is 2.46. The van der Waals surface area contributed by atoms with Gasteiger partial charge in [-0.25, -0.2) is 0 Å². The minimum absolute atomic E-state index is 0.849. The van der Waals surface area contributed by atoms with E-state index < -0.39 is 0 Å². The third-order valence-corrected chi connectivity index (χ3v) is 4.21. The maximum Gasteiger partial charge on any atom is 0.106 e. The fourth-order valence-corrected chi connectivity index (χ4v) is 3.18. The molecule has 2 heterocycles. The van der Waals surface area contributed by atoms with Crippen molar-refractivity contribution in [2.45, 2.75) is 13.5 Å². The number of nitrogens with one attached hydrogen (secondary N) is 1. The van der Waals surface area contributed by atoms with Gasteiger partial charge in [-0.2, -0.15) is 5.10 Å². The van der Waals surface area contributed by atoms with Crippen molar-refractivity contribution in [1.29, 1.82) is 0 Å². The molecule has 0 aromatic carbocycles. The number of hydrogen-bond donors (Lipinski definition) is 1. The van der Waals surface area contributed by atoms with Crippen molar-refractivity contribution in [1.82, 2.24) is 15.1 Å². The average molecular weight is 300 g/mol. The predicted octanol–water partition coefficient (Wildman–Crippen LogP) is 2.94. The molecule has 0 spiro atoms. The molecule has 0 aliphatic rings. The van der Waals surface area contributed by atoms with Crippen molar-refractivity contribution < 1.29 is 0 Å². The van der Waals surface area contributed by atoms with E-state index in [-0.39, 0.29) is 0 Å². The van der Waals surface area contributed by atoms with Gasteiger partial charge in [0.05, 0.1) is 14.4 Å².